The first kappa shape index (κ1) is 21.4. The number of nitro groups is 1. The number of hydrogen-bond acceptors (Lipinski definition) is 6. The van der Waals surface area contributed by atoms with Gasteiger partial charge in [-0.2, -0.15) is 0 Å². The van der Waals surface area contributed by atoms with E-state index < -0.39 is 23.4 Å². The van der Waals surface area contributed by atoms with Crippen LogP contribution in [0.25, 0.3) is 0 Å². The summed E-state index contributed by atoms with van der Waals surface area (Å²) < 4.78 is 4.99. The first-order chi connectivity index (χ1) is 13.3. The lowest BCUT2D eigenvalue weighted by Crippen LogP contribution is -2.31. The standard InChI is InChI=1S/C20H22N2O5S/c1-4-14-5-7-15(8-6-14)13(2)21-19(23)12-27-20(24)16-9-10-18(28-3)17(11-16)22(25)26/h5-11,13H,4,12H2,1-3H3,(H,21,23)/t13-/m1/s1. The van der Waals surface area contributed by atoms with E-state index in [1.165, 1.54) is 29.5 Å². The molecule has 0 saturated heterocycles. The zero-order valence-corrected chi connectivity index (χ0v) is 16.7. The Morgan fingerprint density at radius 1 is 1.21 bits per heavy atom. The van der Waals surface area contributed by atoms with Gasteiger partial charge in [0, 0.05) is 6.07 Å². The summed E-state index contributed by atoms with van der Waals surface area (Å²) in [6.45, 7) is 3.44. The molecule has 0 radical (unpaired) electrons. The molecule has 8 heteroatoms. The Hall–Kier alpha value is -2.87. The number of benzene rings is 2. The number of thioether (sulfide) groups is 1. The summed E-state index contributed by atoms with van der Waals surface area (Å²) in [6, 6.07) is 11.7. The molecule has 2 aromatic carbocycles. The molecule has 1 N–H and O–H groups in total. The lowest BCUT2D eigenvalue weighted by atomic mass is 10.1. The molecule has 0 aliphatic carbocycles. The molecule has 0 heterocycles. The third-order valence-corrected chi connectivity index (χ3v) is 5.00. The third-order valence-electron chi connectivity index (χ3n) is 4.21. The summed E-state index contributed by atoms with van der Waals surface area (Å²) in [5.41, 5.74) is 2.01. The topological polar surface area (TPSA) is 98.5 Å². The van der Waals surface area contributed by atoms with Crippen LogP contribution in [0.3, 0.4) is 0 Å². The number of rotatable bonds is 8. The van der Waals surface area contributed by atoms with Crippen LogP contribution in [0.2, 0.25) is 0 Å². The van der Waals surface area contributed by atoms with E-state index in [4.69, 9.17) is 4.74 Å². The average molecular weight is 402 g/mol. The minimum absolute atomic E-state index is 0.0282. The van der Waals surface area contributed by atoms with Crippen molar-refractivity contribution < 1.29 is 19.2 Å². The third kappa shape index (κ3) is 5.56. The van der Waals surface area contributed by atoms with Gasteiger partial charge in [0.25, 0.3) is 11.6 Å². The van der Waals surface area contributed by atoms with Crippen molar-refractivity contribution in [1.29, 1.82) is 0 Å². The molecule has 0 bridgehead atoms. The molecule has 1 amide bonds. The van der Waals surface area contributed by atoms with Crippen LogP contribution < -0.4 is 5.32 Å². The Labute approximate surface area is 167 Å². The molecular weight excluding hydrogens is 380 g/mol. The van der Waals surface area contributed by atoms with Crippen molar-refractivity contribution in [2.24, 2.45) is 0 Å². The van der Waals surface area contributed by atoms with E-state index in [0.29, 0.717) is 4.90 Å². The van der Waals surface area contributed by atoms with Crippen LogP contribution in [0.15, 0.2) is 47.4 Å². The smallest absolute Gasteiger partial charge is 0.338 e. The van der Waals surface area contributed by atoms with E-state index >= 15 is 0 Å². The van der Waals surface area contributed by atoms with Crippen molar-refractivity contribution >= 4 is 29.3 Å². The molecule has 1 atom stereocenters. The molecule has 28 heavy (non-hydrogen) atoms. The summed E-state index contributed by atoms with van der Waals surface area (Å²) >= 11 is 1.21. The molecular formula is C20H22N2O5S. The number of carbonyl (C=O) groups is 2. The van der Waals surface area contributed by atoms with E-state index in [0.717, 1.165) is 18.1 Å². The van der Waals surface area contributed by atoms with Gasteiger partial charge in [0.15, 0.2) is 6.61 Å². The van der Waals surface area contributed by atoms with Crippen LogP contribution in [0.5, 0.6) is 0 Å². The maximum atomic E-state index is 12.1. The maximum Gasteiger partial charge on any atom is 0.338 e. The van der Waals surface area contributed by atoms with Gasteiger partial charge in [-0.1, -0.05) is 31.2 Å². The molecule has 2 aromatic rings. The molecule has 0 aliphatic heterocycles. The number of hydrogen-bond donors (Lipinski definition) is 1. The van der Waals surface area contributed by atoms with Crippen LogP contribution in [0, 0.1) is 10.1 Å². The average Bonchev–Trinajstić information content (AvgIpc) is 2.71. The van der Waals surface area contributed by atoms with E-state index in [1.807, 2.05) is 31.2 Å². The number of nitrogens with one attached hydrogen (secondary N) is 1. The zero-order valence-electron chi connectivity index (χ0n) is 15.9. The van der Waals surface area contributed by atoms with Gasteiger partial charge in [-0.3, -0.25) is 14.9 Å². The molecule has 0 aromatic heterocycles. The molecule has 0 aliphatic rings. The Balaban J connectivity index is 1.93. The van der Waals surface area contributed by atoms with Crippen LogP contribution in [0.4, 0.5) is 5.69 Å². The molecule has 2 rings (SSSR count). The summed E-state index contributed by atoms with van der Waals surface area (Å²) in [5, 5.41) is 13.9. The Morgan fingerprint density at radius 3 is 2.46 bits per heavy atom. The highest BCUT2D eigenvalue weighted by Gasteiger charge is 2.19. The number of aryl methyl sites for hydroxylation is 1. The van der Waals surface area contributed by atoms with Gasteiger partial charge in [0.2, 0.25) is 0 Å². The fourth-order valence-electron chi connectivity index (χ4n) is 2.58. The SMILES string of the molecule is CCc1ccc([C@@H](C)NC(=O)COC(=O)c2ccc(SC)c([N+](=O)[O-])c2)cc1. The van der Waals surface area contributed by atoms with Gasteiger partial charge in [-0.15, -0.1) is 11.8 Å². The highest BCUT2D eigenvalue weighted by Crippen LogP contribution is 2.28. The minimum atomic E-state index is -0.786. The van der Waals surface area contributed by atoms with Gasteiger partial charge in [-0.05, 0) is 42.9 Å². The largest absolute Gasteiger partial charge is 0.452 e. The predicted molar refractivity (Wildman–Crippen MR) is 108 cm³/mol. The number of carbonyl (C=O) groups excluding carboxylic acids is 2. The highest BCUT2D eigenvalue weighted by atomic mass is 32.2. The fourth-order valence-corrected chi connectivity index (χ4v) is 3.13. The molecule has 0 unspecified atom stereocenters. The number of esters is 1. The second-order valence-corrected chi connectivity index (χ2v) is 6.95. The van der Waals surface area contributed by atoms with Gasteiger partial charge < -0.3 is 10.1 Å². The predicted octanol–water partition coefficient (Wildman–Crippen LogP) is 3.91. The van der Waals surface area contributed by atoms with Crippen molar-refractivity contribution in [2.45, 2.75) is 31.2 Å². The number of ether oxygens (including phenoxy) is 1. The molecule has 148 valence electrons. The summed E-state index contributed by atoms with van der Waals surface area (Å²) in [7, 11) is 0. The Kier molecular flexibility index (Phi) is 7.57. The summed E-state index contributed by atoms with van der Waals surface area (Å²) in [5.74, 6) is -1.23. The van der Waals surface area contributed by atoms with E-state index in [-0.39, 0.29) is 17.3 Å². The first-order valence-corrected chi connectivity index (χ1v) is 9.96. The van der Waals surface area contributed by atoms with Gasteiger partial charge >= 0.3 is 5.97 Å². The second-order valence-electron chi connectivity index (χ2n) is 6.10. The second kappa shape index (κ2) is 9.89. The Bertz CT molecular complexity index is 867. The Morgan fingerprint density at radius 2 is 1.89 bits per heavy atom. The number of nitrogens with zero attached hydrogens (tertiary/aromatic N) is 1. The van der Waals surface area contributed by atoms with Crippen molar-refractivity contribution in [3.63, 3.8) is 0 Å². The van der Waals surface area contributed by atoms with Crippen LogP contribution in [-0.4, -0.2) is 29.7 Å². The highest BCUT2D eigenvalue weighted by molar-refractivity contribution is 7.98. The van der Waals surface area contributed by atoms with E-state index in [2.05, 4.69) is 12.2 Å². The monoisotopic (exact) mass is 402 g/mol. The van der Waals surface area contributed by atoms with Crippen LogP contribution in [-0.2, 0) is 16.0 Å². The summed E-state index contributed by atoms with van der Waals surface area (Å²) in [6.07, 6.45) is 2.65. The summed E-state index contributed by atoms with van der Waals surface area (Å²) in [4.78, 5) is 35.2. The quantitative estimate of drug-likeness (QED) is 0.311. The minimum Gasteiger partial charge on any atom is -0.452 e. The normalized spacial score (nSPS) is 11.5. The van der Waals surface area contributed by atoms with Crippen molar-refractivity contribution in [3.05, 3.63) is 69.3 Å². The van der Waals surface area contributed by atoms with E-state index in [1.54, 1.807) is 6.26 Å². The van der Waals surface area contributed by atoms with Crippen LogP contribution >= 0.6 is 11.8 Å². The van der Waals surface area contributed by atoms with Crippen molar-refractivity contribution in [2.75, 3.05) is 12.9 Å². The number of nitro benzene ring substituents is 1. The molecule has 0 saturated carbocycles. The molecule has 0 spiro atoms. The van der Waals surface area contributed by atoms with Gasteiger partial charge in [0.1, 0.15) is 0 Å². The zero-order chi connectivity index (χ0) is 20.7. The van der Waals surface area contributed by atoms with Crippen LogP contribution in [0.1, 0.15) is 41.4 Å². The van der Waals surface area contributed by atoms with Crippen molar-refractivity contribution in [1.82, 2.24) is 5.32 Å². The lowest BCUT2D eigenvalue weighted by Gasteiger charge is -2.15. The van der Waals surface area contributed by atoms with Gasteiger partial charge in [0.05, 0.1) is 21.4 Å². The van der Waals surface area contributed by atoms with Gasteiger partial charge in [-0.25, -0.2) is 4.79 Å². The first-order valence-electron chi connectivity index (χ1n) is 8.73. The van der Waals surface area contributed by atoms with E-state index in [9.17, 15) is 19.7 Å². The van der Waals surface area contributed by atoms with Crippen molar-refractivity contribution in [3.8, 4) is 0 Å². The molecule has 7 nitrogen and oxygen atoms in total. The number of amides is 1. The maximum absolute atomic E-state index is 12.1. The molecule has 0 fully saturated rings. The lowest BCUT2D eigenvalue weighted by molar-refractivity contribution is -0.387. The fraction of sp³-hybridized carbons (Fsp3) is 0.300.